The van der Waals surface area contributed by atoms with Gasteiger partial charge in [-0.3, -0.25) is 14.5 Å². The van der Waals surface area contributed by atoms with Gasteiger partial charge in [0, 0.05) is 20.4 Å². The minimum Gasteiger partial charge on any atom is -0.391 e. The molecule has 4 atom stereocenters. The first-order valence-corrected chi connectivity index (χ1v) is 6.06. The molecule has 0 bridgehead atoms. The van der Waals surface area contributed by atoms with E-state index in [0.717, 1.165) is 4.90 Å². The molecule has 8 heteroatoms. The summed E-state index contributed by atoms with van der Waals surface area (Å²) < 4.78 is 15.7. The predicted molar refractivity (Wildman–Crippen MR) is 64.1 cm³/mol. The van der Waals surface area contributed by atoms with E-state index >= 15 is 0 Å². The summed E-state index contributed by atoms with van der Waals surface area (Å²) in [5.74, 6) is -2.44. The van der Waals surface area contributed by atoms with Gasteiger partial charge in [-0.15, -0.1) is 0 Å². The standard InChI is InChI=1S/C12H17NO7/c1-18-9-10(17)12(6-14,19-2)20-11(9)13-4-3-7(15)5-8(13)16/h3-4,9-11,14,17H,5-6H2,1-2H3/t9-,10+,11-,12-/m1/s1. The summed E-state index contributed by atoms with van der Waals surface area (Å²) in [5.41, 5.74) is 0. The summed E-state index contributed by atoms with van der Waals surface area (Å²) in [6.45, 7) is -0.605. The van der Waals surface area contributed by atoms with E-state index in [0.29, 0.717) is 0 Å². The molecule has 1 fully saturated rings. The summed E-state index contributed by atoms with van der Waals surface area (Å²) in [4.78, 5) is 24.2. The SMILES string of the molecule is CO[C@H]1[C@H](N2C=CC(=O)CC2=O)O[C@@](CO)(OC)[C@H]1O. The lowest BCUT2D eigenvalue weighted by Crippen LogP contribution is -2.48. The van der Waals surface area contributed by atoms with Crippen molar-refractivity contribution >= 4 is 11.7 Å². The van der Waals surface area contributed by atoms with Gasteiger partial charge in [-0.2, -0.15) is 0 Å². The van der Waals surface area contributed by atoms with Crippen molar-refractivity contribution in [2.45, 2.75) is 30.6 Å². The van der Waals surface area contributed by atoms with Gasteiger partial charge in [0.25, 0.3) is 0 Å². The monoisotopic (exact) mass is 287 g/mol. The van der Waals surface area contributed by atoms with Gasteiger partial charge in [0.2, 0.25) is 11.7 Å². The lowest BCUT2D eigenvalue weighted by atomic mass is 10.1. The van der Waals surface area contributed by atoms with Crippen LogP contribution in [0.15, 0.2) is 12.3 Å². The Kier molecular flexibility index (Phi) is 4.21. The largest absolute Gasteiger partial charge is 0.391 e. The van der Waals surface area contributed by atoms with Gasteiger partial charge < -0.3 is 24.4 Å². The van der Waals surface area contributed by atoms with Gasteiger partial charge in [-0.05, 0) is 6.08 Å². The summed E-state index contributed by atoms with van der Waals surface area (Å²) >= 11 is 0. The number of aliphatic hydroxyl groups excluding tert-OH is 2. The first-order chi connectivity index (χ1) is 9.49. The Labute approximate surface area is 115 Å². The van der Waals surface area contributed by atoms with Crippen LogP contribution < -0.4 is 0 Å². The lowest BCUT2D eigenvalue weighted by molar-refractivity contribution is -0.271. The molecule has 0 aromatic carbocycles. The number of allylic oxidation sites excluding steroid dienone is 1. The fourth-order valence-corrected chi connectivity index (χ4v) is 2.34. The average Bonchev–Trinajstić information content (AvgIpc) is 2.71. The number of aliphatic hydroxyl groups is 2. The minimum absolute atomic E-state index is 0.276. The number of ketones is 1. The highest BCUT2D eigenvalue weighted by Crippen LogP contribution is 2.35. The first-order valence-electron chi connectivity index (χ1n) is 6.06. The van der Waals surface area contributed by atoms with E-state index < -0.39 is 36.7 Å². The number of methoxy groups -OCH3 is 2. The highest BCUT2D eigenvalue weighted by Gasteiger charge is 2.58. The molecule has 2 aliphatic rings. The van der Waals surface area contributed by atoms with Crippen molar-refractivity contribution < 1.29 is 34.0 Å². The van der Waals surface area contributed by atoms with Crippen LogP contribution in [0.1, 0.15) is 6.42 Å². The van der Waals surface area contributed by atoms with E-state index in [4.69, 9.17) is 14.2 Å². The average molecular weight is 287 g/mol. The van der Waals surface area contributed by atoms with Crippen molar-refractivity contribution in [2.24, 2.45) is 0 Å². The molecule has 0 aliphatic carbocycles. The molecule has 0 unspecified atom stereocenters. The smallest absolute Gasteiger partial charge is 0.236 e. The fourth-order valence-electron chi connectivity index (χ4n) is 2.34. The molecule has 0 spiro atoms. The summed E-state index contributed by atoms with van der Waals surface area (Å²) in [6.07, 6.45) is -0.938. The van der Waals surface area contributed by atoms with Crippen LogP contribution in [0.2, 0.25) is 0 Å². The van der Waals surface area contributed by atoms with E-state index in [1.807, 2.05) is 0 Å². The molecule has 2 heterocycles. The zero-order valence-corrected chi connectivity index (χ0v) is 11.2. The summed E-state index contributed by atoms with van der Waals surface area (Å²) in [5, 5.41) is 19.6. The molecule has 20 heavy (non-hydrogen) atoms. The van der Waals surface area contributed by atoms with E-state index in [1.165, 1.54) is 26.5 Å². The third-order valence-corrected chi connectivity index (χ3v) is 3.51. The number of carbonyl (C=O) groups excluding carboxylic acids is 2. The van der Waals surface area contributed by atoms with Gasteiger partial charge in [0.15, 0.2) is 12.0 Å². The number of ether oxygens (including phenoxy) is 3. The molecular formula is C12H17NO7. The molecule has 0 aromatic heterocycles. The van der Waals surface area contributed by atoms with Gasteiger partial charge in [0.05, 0.1) is 6.42 Å². The van der Waals surface area contributed by atoms with Crippen LogP contribution in [0.5, 0.6) is 0 Å². The number of hydrogen-bond donors (Lipinski definition) is 2. The topological polar surface area (TPSA) is 106 Å². The maximum Gasteiger partial charge on any atom is 0.236 e. The molecular weight excluding hydrogens is 270 g/mol. The third kappa shape index (κ3) is 2.25. The fraction of sp³-hybridized carbons (Fsp3) is 0.667. The van der Waals surface area contributed by atoms with Crippen molar-refractivity contribution in [3.63, 3.8) is 0 Å². The Morgan fingerprint density at radius 1 is 1.50 bits per heavy atom. The molecule has 2 N–H and O–H groups in total. The zero-order chi connectivity index (χ0) is 14.9. The van der Waals surface area contributed by atoms with Gasteiger partial charge in [0.1, 0.15) is 18.8 Å². The van der Waals surface area contributed by atoms with Crippen LogP contribution in [0.25, 0.3) is 0 Å². The molecule has 0 aromatic rings. The molecule has 112 valence electrons. The van der Waals surface area contributed by atoms with Crippen LogP contribution in [0.4, 0.5) is 0 Å². The van der Waals surface area contributed by atoms with Crippen molar-refractivity contribution in [3.8, 4) is 0 Å². The van der Waals surface area contributed by atoms with Crippen molar-refractivity contribution in [2.75, 3.05) is 20.8 Å². The molecule has 2 aliphatic heterocycles. The highest BCUT2D eigenvalue weighted by atomic mass is 16.7. The molecule has 1 amide bonds. The normalized spacial score (nSPS) is 37.8. The minimum atomic E-state index is -1.67. The maximum absolute atomic E-state index is 11.9. The van der Waals surface area contributed by atoms with Crippen molar-refractivity contribution in [1.29, 1.82) is 0 Å². The van der Waals surface area contributed by atoms with Crippen LogP contribution in [0, 0.1) is 0 Å². The number of nitrogens with zero attached hydrogens (tertiary/aromatic N) is 1. The van der Waals surface area contributed by atoms with Gasteiger partial charge >= 0.3 is 0 Å². The van der Waals surface area contributed by atoms with Crippen molar-refractivity contribution in [3.05, 3.63) is 12.3 Å². The molecule has 0 saturated carbocycles. The maximum atomic E-state index is 11.9. The zero-order valence-electron chi connectivity index (χ0n) is 11.2. The third-order valence-electron chi connectivity index (χ3n) is 3.51. The quantitative estimate of drug-likeness (QED) is 0.598. The van der Waals surface area contributed by atoms with Crippen LogP contribution in [-0.2, 0) is 23.8 Å². The number of carbonyl (C=O) groups is 2. The lowest BCUT2D eigenvalue weighted by Gasteiger charge is -2.31. The molecule has 8 nitrogen and oxygen atoms in total. The predicted octanol–water partition coefficient (Wildman–Crippen LogP) is -1.63. The van der Waals surface area contributed by atoms with Gasteiger partial charge in [-0.1, -0.05) is 0 Å². The summed E-state index contributed by atoms with van der Waals surface area (Å²) in [6, 6.07) is 0. The Morgan fingerprint density at radius 2 is 2.20 bits per heavy atom. The second-order valence-corrected chi connectivity index (χ2v) is 4.59. The van der Waals surface area contributed by atoms with Crippen molar-refractivity contribution in [1.82, 2.24) is 4.90 Å². The highest BCUT2D eigenvalue weighted by molar-refractivity contribution is 6.06. The first kappa shape index (κ1) is 15.1. The Balaban J connectivity index is 2.29. The number of amides is 1. The summed E-state index contributed by atoms with van der Waals surface area (Å²) in [7, 11) is 2.61. The van der Waals surface area contributed by atoms with E-state index in [-0.39, 0.29) is 12.2 Å². The van der Waals surface area contributed by atoms with E-state index in [1.54, 1.807) is 0 Å². The molecule has 1 saturated heterocycles. The Bertz CT molecular complexity index is 432. The van der Waals surface area contributed by atoms with Crippen LogP contribution in [0.3, 0.4) is 0 Å². The number of hydrogen-bond acceptors (Lipinski definition) is 7. The van der Waals surface area contributed by atoms with Gasteiger partial charge in [-0.25, -0.2) is 0 Å². The number of rotatable bonds is 4. The van der Waals surface area contributed by atoms with Crippen LogP contribution in [-0.4, -0.2) is 71.9 Å². The Morgan fingerprint density at radius 3 is 2.70 bits per heavy atom. The molecule has 0 radical (unpaired) electrons. The van der Waals surface area contributed by atoms with E-state index in [2.05, 4.69) is 0 Å². The second-order valence-electron chi connectivity index (χ2n) is 4.59. The van der Waals surface area contributed by atoms with E-state index in [9.17, 15) is 19.8 Å². The second kappa shape index (κ2) is 5.58. The van der Waals surface area contributed by atoms with Crippen LogP contribution >= 0.6 is 0 Å². The Hall–Kier alpha value is -1.32. The molecule has 2 rings (SSSR count).